The molecule has 12 heavy (non-hydrogen) atoms. The van der Waals surface area contributed by atoms with Crippen LogP contribution in [-0.4, -0.2) is 23.5 Å². The summed E-state index contributed by atoms with van der Waals surface area (Å²) in [5.41, 5.74) is 0. The smallest absolute Gasteiger partial charge is 0.0357 e. The van der Waals surface area contributed by atoms with Gasteiger partial charge in [0.05, 0.1) is 0 Å². The minimum atomic E-state index is 0. The Labute approximate surface area is 74.7 Å². The molecule has 0 saturated heterocycles. The molecule has 0 spiro atoms. The molecular weight excluding hydrogens is 152 g/mol. The van der Waals surface area contributed by atoms with E-state index >= 15 is 0 Å². The highest BCUT2D eigenvalue weighted by atomic mass is 16.0. The standard InChI is InChI=1S/C9H15N.H3N.H2O/c1-2-3-7-10-8-5-4-6-9-10;;/h4-6,8H,2-3,7,9H2,1H3;1H3;1H2. The Bertz CT molecular complexity index is 143. The van der Waals surface area contributed by atoms with E-state index < -0.39 is 0 Å². The Kier molecular flexibility index (Phi) is 9.52. The number of hydrogen-bond acceptors (Lipinski definition) is 2. The van der Waals surface area contributed by atoms with Gasteiger partial charge in [-0.25, -0.2) is 0 Å². The van der Waals surface area contributed by atoms with Crippen LogP contribution in [0.1, 0.15) is 19.8 Å². The minimum Gasteiger partial charge on any atom is -0.870 e. The van der Waals surface area contributed by atoms with Crippen molar-refractivity contribution in [1.29, 1.82) is 0 Å². The molecule has 5 N–H and O–H groups in total. The van der Waals surface area contributed by atoms with Crippen molar-refractivity contribution in [3.05, 3.63) is 24.4 Å². The number of nitrogens with zero attached hydrogens (tertiary/aromatic N) is 1. The summed E-state index contributed by atoms with van der Waals surface area (Å²) >= 11 is 0. The Morgan fingerprint density at radius 1 is 1.33 bits per heavy atom. The van der Waals surface area contributed by atoms with E-state index in [1.807, 2.05) is 0 Å². The van der Waals surface area contributed by atoms with Gasteiger partial charge in [0.2, 0.25) is 0 Å². The molecule has 0 amide bonds. The zero-order chi connectivity index (χ0) is 7.23. The molecule has 0 bridgehead atoms. The maximum absolute atomic E-state index is 2.34. The van der Waals surface area contributed by atoms with Crippen LogP contribution in [0.25, 0.3) is 0 Å². The highest BCUT2D eigenvalue weighted by Gasteiger charge is 1.96. The first kappa shape index (κ1) is 13.8. The molecule has 3 heteroatoms. The van der Waals surface area contributed by atoms with E-state index in [0.717, 1.165) is 6.54 Å². The predicted molar refractivity (Wildman–Crippen MR) is 52.7 cm³/mol. The Balaban J connectivity index is 0. The maximum atomic E-state index is 2.34. The molecule has 3 nitrogen and oxygen atoms in total. The van der Waals surface area contributed by atoms with Gasteiger partial charge in [-0.05, 0) is 18.7 Å². The van der Waals surface area contributed by atoms with Gasteiger partial charge in [0, 0.05) is 13.1 Å². The third-order valence-corrected chi connectivity index (χ3v) is 1.68. The lowest BCUT2D eigenvalue weighted by Gasteiger charge is -2.19. The largest absolute Gasteiger partial charge is 0.870 e. The van der Waals surface area contributed by atoms with Crippen LogP contribution >= 0.6 is 0 Å². The first-order valence-electron chi connectivity index (χ1n) is 4.01. The van der Waals surface area contributed by atoms with Crippen molar-refractivity contribution >= 4 is 0 Å². The fraction of sp³-hybridized carbons (Fsp3) is 0.556. The van der Waals surface area contributed by atoms with Gasteiger partial charge in [0.15, 0.2) is 0 Å². The number of rotatable bonds is 3. The number of allylic oxidation sites excluding steroid dienone is 2. The van der Waals surface area contributed by atoms with Gasteiger partial charge in [-0.15, -0.1) is 0 Å². The van der Waals surface area contributed by atoms with Crippen LogP contribution in [-0.2, 0) is 0 Å². The van der Waals surface area contributed by atoms with Crippen LogP contribution < -0.4 is 6.15 Å². The molecule has 0 saturated carbocycles. The lowest BCUT2D eigenvalue weighted by Crippen LogP contribution is -2.19. The van der Waals surface area contributed by atoms with Crippen molar-refractivity contribution < 1.29 is 5.48 Å². The summed E-state index contributed by atoms with van der Waals surface area (Å²) in [5.74, 6) is 0. The van der Waals surface area contributed by atoms with Gasteiger partial charge in [0.1, 0.15) is 0 Å². The van der Waals surface area contributed by atoms with Crippen molar-refractivity contribution in [2.24, 2.45) is 0 Å². The number of quaternary nitrogens is 1. The quantitative estimate of drug-likeness (QED) is 0.710. The number of hydrogen-bond donors (Lipinski definition) is 1. The first-order valence-corrected chi connectivity index (χ1v) is 4.01. The summed E-state index contributed by atoms with van der Waals surface area (Å²) in [5, 5.41) is 0. The van der Waals surface area contributed by atoms with Crippen molar-refractivity contribution in [3.63, 3.8) is 0 Å². The van der Waals surface area contributed by atoms with E-state index in [4.69, 9.17) is 0 Å². The third-order valence-electron chi connectivity index (χ3n) is 1.68. The molecule has 0 atom stereocenters. The van der Waals surface area contributed by atoms with E-state index in [-0.39, 0.29) is 11.6 Å². The van der Waals surface area contributed by atoms with E-state index in [2.05, 4.69) is 36.3 Å². The molecule has 0 aromatic rings. The van der Waals surface area contributed by atoms with Crippen molar-refractivity contribution in [1.82, 2.24) is 11.1 Å². The molecule has 0 fully saturated rings. The summed E-state index contributed by atoms with van der Waals surface area (Å²) in [6.45, 7) is 4.53. The summed E-state index contributed by atoms with van der Waals surface area (Å²) < 4.78 is 0. The van der Waals surface area contributed by atoms with Crippen LogP contribution in [0.2, 0.25) is 0 Å². The van der Waals surface area contributed by atoms with Gasteiger partial charge in [-0.2, -0.15) is 0 Å². The van der Waals surface area contributed by atoms with Gasteiger partial charge in [-0.1, -0.05) is 25.5 Å². The van der Waals surface area contributed by atoms with Crippen LogP contribution in [0.5, 0.6) is 0 Å². The van der Waals surface area contributed by atoms with Crippen LogP contribution in [0.4, 0.5) is 0 Å². The molecule has 1 aliphatic rings. The summed E-state index contributed by atoms with van der Waals surface area (Å²) in [4.78, 5) is 2.34. The summed E-state index contributed by atoms with van der Waals surface area (Å²) in [6, 6.07) is 0. The molecule has 1 heterocycles. The first-order chi connectivity index (χ1) is 4.93. The van der Waals surface area contributed by atoms with E-state index in [1.54, 1.807) is 0 Å². The highest BCUT2D eigenvalue weighted by Crippen LogP contribution is 2.00. The summed E-state index contributed by atoms with van der Waals surface area (Å²) in [7, 11) is 0. The second kappa shape index (κ2) is 8.30. The number of unbranched alkanes of at least 4 members (excludes halogenated alkanes) is 1. The average Bonchev–Trinajstić information content (AvgIpc) is 2.03. The predicted octanol–water partition coefficient (Wildman–Crippen LogP) is 2.37. The van der Waals surface area contributed by atoms with Crippen molar-refractivity contribution in [3.8, 4) is 0 Å². The van der Waals surface area contributed by atoms with Crippen LogP contribution in [0.3, 0.4) is 0 Å². The molecular formula is C9H20N2O. The van der Waals surface area contributed by atoms with E-state index in [9.17, 15) is 0 Å². The second-order valence-corrected chi connectivity index (χ2v) is 2.62. The Morgan fingerprint density at radius 2 is 2.08 bits per heavy atom. The molecule has 0 aromatic carbocycles. The molecule has 0 aromatic heterocycles. The lowest BCUT2D eigenvalue weighted by molar-refractivity contribution is 0.401. The van der Waals surface area contributed by atoms with Crippen molar-refractivity contribution in [2.75, 3.05) is 13.1 Å². The fourth-order valence-electron chi connectivity index (χ4n) is 1.03. The van der Waals surface area contributed by atoms with E-state index in [0.29, 0.717) is 0 Å². The summed E-state index contributed by atoms with van der Waals surface area (Å²) in [6.07, 6.45) is 11.1. The molecule has 72 valence electrons. The molecule has 0 radical (unpaired) electrons. The Morgan fingerprint density at radius 3 is 2.58 bits per heavy atom. The zero-order valence-corrected chi connectivity index (χ0v) is 8.03. The molecule has 0 unspecified atom stereocenters. The van der Waals surface area contributed by atoms with Gasteiger partial charge in [0.25, 0.3) is 0 Å². The van der Waals surface area contributed by atoms with Crippen LogP contribution in [0, 0.1) is 0 Å². The highest BCUT2D eigenvalue weighted by molar-refractivity contribution is 5.08. The third kappa shape index (κ3) is 4.93. The molecule has 1 aliphatic heterocycles. The van der Waals surface area contributed by atoms with Gasteiger partial charge >= 0.3 is 0 Å². The lowest BCUT2D eigenvalue weighted by atomic mass is 10.3. The minimum absolute atomic E-state index is 0. The molecule has 1 rings (SSSR count). The normalized spacial score (nSPS) is 13.6. The second-order valence-electron chi connectivity index (χ2n) is 2.62. The van der Waals surface area contributed by atoms with Gasteiger partial charge < -0.3 is 16.5 Å². The molecule has 0 aliphatic carbocycles. The average molecular weight is 172 g/mol. The van der Waals surface area contributed by atoms with Crippen LogP contribution in [0.15, 0.2) is 24.4 Å². The van der Waals surface area contributed by atoms with E-state index in [1.165, 1.54) is 19.4 Å². The van der Waals surface area contributed by atoms with Gasteiger partial charge in [-0.3, -0.25) is 0 Å². The topological polar surface area (TPSA) is 69.7 Å². The SMILES string of the molecule is CCCCN1C=CC=CC1.[NH4+].[OH-]. The zero-order valence-electron chi connectivity index (χ0n) is 8.03. The van der Waals surface area contributed by atoms with Crippen molar-refractivity contribution in [2.45, 2.75) is 19.8 Å². The fourth-order valence-corrected chi connectivity index (χ4v) is 1.03. The Hall–Kier alpha value is -0.800. The monoisotopic (exact) mass is 172 g/mol. The maximum Gasteiger partial charge on any atom is 0.0357 e.